The lowest BCUT2D eigenvalue weighted by Crippen LogP contribution is -2.21. The Morgan fingerprint density at radius 3 is 3.05 bits per heavy atom. The van der Waals surface area contributed by atoms with Gasteiger partial charge in [0.05, 0.1) is 17.2 Å². The molecule has 1 aromatic carbocycles. The minimum atomic E-state index is -0.122. The normalized spacial score (nSPS) is 11.1. The molecular weight excluding hydrogens is 336 g/mol. The van der Waals surface area contributed by atoms with E-state index in [0.717, 1.165) is 17.3 Å². The smallest absolute Gasteiger partial charge is 0.261 e. The van der Waals surface area contributed by atoms with Crippen LogP contribution in [0.4, 0.5) is 0 Å². The summed E-state index contributed by atoms with van der Waals surface area (Å²) >= 11 is 3.36. The summed E-state index contributed by atoms with van der Waals surface area (Å²) in [4.78, 5) is 20.9. The van der Waals surface area contributed by atoms with E-state index in [9.17, 15) is 4.79 Å². The van der Waals surface area contributed by atoms with Crippen LogP contribution in [-0.2, 0) is 13.0 Å². The lowest BCUT2D eigenvalue weighted by Gasteiger charge is -2.03. The molecule has 2 heterocycles. The molecule has 0 fully saturated rings. The zero-order valence-corrected chi connectivity index (χ0v) is 13.0. The van der Waals surface area contributed by atoms with Crippen molar-refractivity contribution in [2.45, 2.75) is 26.3 Å². The van der Waals surface area contributed by atoms with E-state index in [1.807, 2.05) is 19.1 Å². The maximum Gasteiger partial charge on any atom is 0.261 e. The van der Waals surface area contributed by atoms with Crippen LogP contribution in [0.3, 0.4) is 0 Å². The van der Waals surface area contributed by atoms with E-state index in [-0.39, 0.29) is 12.1 Å². The third-order valence-corrected chi connectivity index (χ3v) is 3.57. The summed E-state index contributed by atoms with van der Waals surface area (Å²) in [6.45, 7) is 2.28. The van der Waals surface area contributed by atoms with Crippen LogP contribution in [0.15, 0.2) is 38.3 Å². The fourth-order valence-corrected chi connectivity index (χ4v) is 2.42. The molecule has 0 bridgehead atoms. The van der Waals surface area contributed by atoms with Gasteiger partial charge in [0.25, 0.3) is 5.56 Å². The fourth-order valence-electron chi connectivity index (χ4n) is 2.07. The van der Waals surface area contributed by atoms with E-state index in [2.05, 4.69) is 31.1 Å². The molecule has 0 aliphatic heterocycles. The van der Waals surface area contributed by atoms with Crippen LogP contribution in [0.25, 0.3) is 10.9 Å². The van der Waals surface area contributed by atoms with Crippen molar-refractivity contribution in [2.75, 3.05) is 0 Å². The Kier molecular flexibility index (Phi) is 3.83. The molecule has 6 nitrogen and oxygen atoms in total. The predicted octanol–water partition coefficient (Wildman–Crippen LogP) is 2.54. The van der Waals surface area contributed by atoms with E-state index in [4.69, 9.17) is 4.52 Å². The largest absolute Gasteiger partial charge is 0.337 e. The molecule has 0 aliphatic rings. The minimum absolute atomic E-state index is 0.122. The number of hydrogen-bond donors (Lipinski definition) is 0. The van der Waals surface area contributed by atoms with Crippen LogP contribution in [-0.4, -0.2) is 19.7 Å². The van der Waals surface area contributed by atoms with Crippen molar-refractivity contribution in [3.63, 3.8) is 0 Å². The van der Waals surface area contributed by atoms with Gasteiger partial charge in [-0.1, -0.05) is 28.0 Å². The number of rotatable bonds is 4. The first kappa shape index (κ1) is 13.9. The van der Waals surface area contributed by atoms with E-state index in [0.29, 0.717) is 22.6 Å². The van der Waals surface area contributed by atoms with Crippen LogP contribution in [0.2, 0.25) is 0 Å². The highest BCUT2D eigenvalue weighted by molar-refractivity contribution is 9.10. The highest BCUT2D eigenvalue weighted by Gasteiger charge is 2.09. The quantitative estimate of drug-likeness (QED) is 0.724. The van der Waals surface area contributed by atoms with Crippen molar-refractivity contribution < 1.29 is 4.52 Å². The summed E-state index contributed by atoms with van der Waals surface area (Å²) in [6.07, 6.45) is 3.22. The molecule has 0 atom stereocenters. The summed E-state index contributed by atoms with van der Waals surface area (Å²) in [5.74, 6) is 1.08. The predicted molar refractivity (Wildman–Crippen MR) is 81.1 cm³/mol. The number of nitrogens with zero attached hydrogens (tertiary/aromatic N) is 4. The molecule has 0 N–H and O–H groups in total. The molecule has 3 aromatic rings. The van der Waals surface area contributed by atoms with E-state index >= 15 is 0 Å². The standard InChI is InChI=1S/C14H13BrN4O2/c1-2-3-12-17-13(21-18-12)7-19-8-16-11-6-9(15)4-5-10(11)14(19)20/h4-6,8H,2-3,7H2,1H3. The zero-order chi connectivity index (χ0) is 14.8. The van der Waals surface area contributed by atoms with Crippen molar-refractivity contribution in [1.29, 1.82) is 0 Å². The molecule has 7 heteroatoms. The van der Waals surface area contributed by atoms with Crippen molar-refractivity contribution in [3.8, 4) is 0 Å². The molecule has 0 spiro atoms. The number of fused-ring (bicyclic) bond motifs is 1. The Hall–Kier alpha value is -2.02. The van der Waals surface area contributed by atoms with Gasteiger partial charge < -0.3 is 4.52 Å². The first-order valence-corrected chi connectivity index (χ1v) is 7.43. The molecule has 0 saturated heterocycles. The molecule has 3 rings (SSSR count). The number of aryl methyl sites for hydroxylation is 1. The van der Waals surface area contributed by atoms with Crippen LogP contribution in [0.1, 0.15) is 25.1 Å². The Morgan fingerprint density at radius 1 is 1.38 bits per heavy atom. The molecule has 108 valence electrons. The lowest BCUT2D eigenvalue weighted by atomic mass is 10.2. The summed E-state index contributed by atoms with van der Waals surface area (Å²) < 4.78 is 7.51. The van der Waals surface area contributed by atoms with Crippen LogP contribution < -0.4 is 5.56 Å². The van der Waals surface area contributed by atoms with Gasteiger partial charge in [-0.15, -0.1) is 0 Å². The SMILES string of the molecule is CCCc1noc(Cn2cnc3cc(Br)ccc3c2=O)n1. The molecule has 0 amide bonds. The molecule has 0 saturated carbocycles. The van der Waals surface area contributed by atoms with Crippen molar-refractivity contribution in [1.82, 2.24) is 19.7 Å². The van der Waals surface area contributed by atoms with Gasteiger partial charge in [0.1, 0.15) is 6.54 Å². The summed E-state index contributed by atoms with van der Waals surface area (Å²) in [5.41, 5.74) is 0.533. The Morgan fingerprint density at radius 2 is 2.24 bits per heavy atom. The van der Waals surface area contributed by atoms with Gasteiger partial charge in [0.15, 0.2) is 5.82 Å². The fraction of sp³-hybridized carbons (Fsp3) is 0.286. The topological polar surface area (TPSA) is 73.8 Å². The summed E-state index contributed by atoms with van der Waals surface area (Å²) in [7, 11) is 0. The maximum absolute atomic E-state index is 12.4. The Balaban J connectivity index is 1.95. The van der Waals surface area contributed by atoms with Crippen LogP contribution in [0.5, 0.6) is 0 Å². The van der Waals surface area contributed by atoms with E-state index < -0.39 is 0 Å². The number of aromatic nitrogens is 4. The van der Waals surface area contributed by atoms with E-state index in [1.54, 1.807) is 6.07 Å². The highest BCUT2D eigenvalue weighted by atomic mass is 79.9. The van der Waals surface area contributed by atoms with Gasteiger partial charge in [-0.3, -0.25) is 9.36 Å². The number of benzene rings is 1. The van der Waals surface area contributed by atoms with Crippen molar-refractivity contribution in [2.24, 2.45) is 0 Å². The second-order valence-electron chi connectivity index (χ2n) is 4.69. The van der Waals surface area contributed by atoms with Gasteiger partial charge in [0, 0.05) is 10.9 Å². The molecule has 21 heavy (non-hydrogen) atoms. The molecule has 0 radical (unpaired) electrons. The lowest BCUT2D eigenvalue weighted by molar-refractivity contribution is 0.364. The zero-order valence-electron chi connectivity index (χ0n) is 11.4. The molecule has 0 unspecified atom stereocenters. The van der Waals surface area contributed by atoms with Gasteiger partial charge in [0.2, 0.25) is 5.89 Å². The second kappa shape index (κ2) is 5.77. The third kappa shape index (κ3) is 2.87. The second-order valence-corrected chi connectivity index (χ2v) is 5.61. The Labute approximate surface area is 128 Å². The first-order valence-electron chi connectivity index (χ1n) is 6.63. The van der Waals surface area contributed by atoms with Gasteiger partial charge in [-0.2, -0.15) is 4.98 Å². The average Bonchev–Trinajstić information content (AvgIpc) is 2.90. The minimum Gasteiger partial charge on any atom is -0.337 e. The first-order chi connectivity index (χ1) is 10.2. The third-order valence-electron chi connectivity index (χ3n) is 3.08. The summed E-state index contributed by atoms with van der Waals surface area (Å²) in [6, 6.07) is 5.39. The van der Waals surface area contributed by atoms with Crippen molar-refractivity contribution >= 4 is 26.8 Å². The van der Waals surface area contributed by atoms with E-state index in [1.165, 1.54) is 10.9 Å². The molecule has 0 aliphatic carbocycles. The number of hydrogen-bond acceptors (Lipinski definition) is 5. The van der Waals surface area contributed by atoms with Gasteiger partial charge in [-0.25, -0.2) is 4.98 Å². The van der Waals surface area contributed by atoms with Crippen LogP contribution >= 0.6 is 15.9 Å². The highest BCUT2D eigenvalue weighted by Crippen LogP contribution is 2.15. The van der Waals surface area contributed by atoms with Gasteiger partial charge >= 0.3 is 0 Å². The maximum atomic E-state index is 12.4. The average molecular weight is 349 g/mol. The van der Waals surface area contributed by atoms with Gasteiger partial charge in [-0.05, 0) is 24.6 Å². The van der Waals surface area contributed by atoms with Crippen molar-refractivity contribution in [3.05, 3.63) is 51.1 Å². The molecular formula is C14H13BrN4O2. The summed E-state index contributed by atoms with van der Waals surface area (Å²) in [5, 5.41) is 4.44. The molecule has 2 aromatic heterocycles. The number of halogens is 1. The Bertz CT molecular complexity index is 840. The monoisotopic (exact) mass is 348 g/mol. The van der Waals surface area contributed by atoms with Crippen LogP contribution in [0, 0.1) is 0 Å².